The lowest BCUT2D eigenvalue weighted by Gasteiger charge is -2.35. The summed E-state index contributed by atoms with van der Waals surface area (Å²) >= 11 is 0. The minimum absolute atomic E-state index is 0.0150. The molecule has 1 aromatic carbocycles. The lowest BCUT2D eigenvalue weighted by atomic mass is 9.74. The molecule has 0 radical (unpaired) electrons. The van der Waals surface area contributed by atoms with Crippen molar-refractivity contribution >= 4 is 17.8 Å². The molecule has 2 aliphatic carbocycles. The van der Waals surface area contributed by atoms with E-state index in [1.54, 1.807) is 7.11 Å². The quantitative estimate of drug-likeness (QED) is 0.347. The number of ether oxygens (including phenoxy) is 3. The number of rotatable bonds is 10. The third-order valence-electron chi connectivity index (χ3n) is 7.74. The van der Waals surface area contributed by atoms with Crippen LogP contribution in [0.5, 0.6) is 11.5 Å². The van der Waals surface area contributed by atoms with Gasteiger partial charge in [-0.15, -0.1) is 0 Å². The Hall–Kier alpha value is -2.92. The zero-order chi connectivity index (χ0) is 29.0. The number of hydrogen-bond donors (Lipinski definition) is 4. The van der Waals surface area contributed by atoms with Crippen molar-refractivity contribution in [1.29, 1.82) is 0 Å². The average Bonchev–Trinajstić information content (AvgIpc) is 3.30. The predicted octanol–water partition coefficient (Wildman–Crippen LogP) is 2.90. The second-order valence-corrected chi connectivity index (χ2v) is 11.8. The number of benzene rings is 1. The smallest absolute Gasteiger partial charge is 0.311 e. The van der Waals surface area contributed by atoms with Crippen LogP contribution < -0.4 is 20.1 Å². The summed E-state index contributed by atoms with van der Waals surface area (Å²) in [5.74, 6) is -3.12. The number of methoxy groups -OCH3 is 2. The highest BCUT2D eigenvalue weighted by Crippen LogP contribution is 2.39. The summed E-state index contributed by atoms with van der Waals surface area (Å²) in [6.07, 6.45) is 1.23. The Balaban J connectivity index is 1.75. The lowest BCUT2D eigenvalue weighted by molar-refractivity contribution is -0.155. The maximum Gasteiger partial charge on any atom is 0.311 e. The van der Waals surface area contributed by atoms with Gasteiger partial charge in [0.1, 0.15) is 5.75 Å². The van der Waals surface area contributed by atoms with Crippen LogP contribution in [0.2, 0.25) is 0 Å². The molecule has 39 heavy (non-hydrogen) atoms. The summed E-state index contributed by atoms with van der Waals surface area (Å²) in [4.78, 5) is 37.9. The van der Waals surface area contributed by atoms with Crippen molar-refractivity contribution in [3.05, 3.63) is 23.5 Å². The number of hydrogen-bond acceptors (Lipinski definition) is 7. The van der Waals surface area contributed by atoms with Crippen LogP contribution in [0.15, 0.2) is 12.1 Å². The molecule has 0 aromatic heterocycles. The Kier molecular flexibility index (Phi) is 9.82. The summed E-state index contributed by atoms with van der Waals surface area (Å²) in [6, 6.07) is 1.84. The first-order chi connectivity index (χ1) is 18.3. The van der Waals surface area contributed by atoms with Crippen LogP contribution >= 0.6 is 0 Å². The summed E-state index contributed by atoms with van der Waals surface area (Å²) in [5, 5.41) is 24.9. The van der Waals surface area contributed by atoms with Crippen molar-refractivity contribution in [3.8, 4) is 11.5 Å². The number of carbonyl (C=O) groups excluding carboxylic acids is 2. The van der Waals surface area contributed by atoms with Crippen LogP contribution in [0.25, 0.3) is 0 Å². The Morgan fingerprint density at radius 1 is 1.08 bits per heavy atom. The maximum atomic E-state index is 14.9. The number of carbonyl (C=O) groups is 3. The lowest BCUT2D eigenvalue weighted by Crippen LogP contribution is -2.45. The molecule has 11 heteroatoms. The first-order valence-electron chi connectivity index (χ1n) is 13.3. The third-order valence-corrected chi connectivity index (χ3v) is 7.74. The SMILES string of the molecule is COc1cc(F)c(O[C@H]2CC[C@@](CO)(C(=O)O)CC2)cc1C(=O)N[C@@H]1C[C@@H](OC)C[C@@H]1C(=O)NCC(C)(C)C. The number of nitrogens with one attached hydrogen (secondary N) is 2. The molecule has 3 atom stereocenters. The van der Waals surface area contributed by atoms with E-state index in [0.29, 0.717) is 32.2 Å². The number of aliphatic hydroxyl groups excluding tert-OH is 1. The van der Waals surface area contributed by atoms with Gasteiger partial charge in [0, 0.05) is 25.8 Å². The zero-order valence-electron chi connectivity index (χ0n) is 23.3. The van der Waals surface area contributed by atoms with Crippen LogP contribution in [0.3, 0.4) is 0 Å². The summed E-state index contributed by atoms with van der Waals surface area (Å²) < 4.78 is 31.5. The molecule has 2 amide bonds. The zero-order valence-corrected chi connectivity index (χ0v) is 23.3. The minimum Gasteiger partial charge on any atom is -0.496 e. The van der Waals surface area contributed by atoms with Gasteiger partial charge in [0.05, 0.1) is 42.8 Å². The van der Waals surface area contributed by atoms with Crippen molar-refractivity contribution < 1.29 is 43.2 Å². The topological polar surface area (TPSA) is 143 Å². The van der Waals surface area contributed by atoms with Gasteiger partial charge >= 0.3 is 5.97 Å². The summed E-state index contributed by atoms with van der Waals surface area (Å²) in [5.41, 5.74) is -1.27. The fourth-order valence-electron chi connectivity index (χ4n) is 5.22. The molecule has 2 aliphatic rings. The van der Waals surface area contributed by atoms with Gasteiger partial charge < -0.3 is 35.1 Å². The van der Waals surface area contributed by atoms with E-state index in [2.05, 4.69) is 10.6 Å². The average molecular weight is 553 g/mol. The second kappa shape index (κ2) is 12.5. The maximum absolute atomic E-state index is 14.9. The fraction of sp³-hybridized carbons (Fsp3) is 0.679. The van der Waals surface area contributed by atoms with E-state index in [1.165, 1.54) is 13.2 Å². The largest absolute Gasteiger partial charge is 0.496 e. The molecule has 1 aromatic rings. The van der Waals surface area contributed by atoms with Crippen LogP contribution in [0.1, 0.15) is 69.7 Å². The van der Waals surface area contributed by atoms with E-state index in [-0.39, 0.29) is 47.3 Å². The highest BCUT2D eigenvalue weighted by Gasteiger charge is 2.43. The van der Waals surface area contributed by atoms with Gasteiger partial charge in [0.25, 0.3) is 5.91 Å². The van der Waals surface area contributed by atoms with Crippen LogP contribution in [-0.4, -0.2) is 73.6 Å². The normalized spacial score (nSPS) is 27.1. The van der Waals surface area contributed by atoms with Gasteiger partial charge in [-0.3, -0.25) is 14.4 Å². The first-order valence-corrected chi connectivity index (χ1v) is 13.3. The molecular weight excluding hydrogens is 511 g/mol. The molecule has 0 aliphatic heterocycles. The fourth-order valence-corrected chi connectivity index (χ4v) is 5.22. The molecule has 0 bridgehead atoms. The molecule has 2 fully saturated rings. The molecule has 218 valence electrons. The van der Waals surface area contributed by atoms with E-state index in [0.717, 1.165) is 6.07 Å². The minimum atomic E-state index is -1.22. The Bertz CT molecular complexity index is 1050. The Labute approximate surface area is 228 Å². The van der Waals surface area contributed by atoms with E-state index in [9.17, 15) is 29.0 Å². The van der Waals surface area contributed by atoms with E-state index < -0.39 is 47.8 Å². The molecule has 2 saturated carbocycles. The van der Waals surface area contributed by atoms with E-state index in [1.807, 2.05) is 20.8 Å². The molecule has 0 saturated heterocycles. The second-order valence-electron chi connectivity index (χ2n) is 11.8. The molecular formula is C28H41FN2O8. The van der Waals surface area contributed by atoms with Crippen LogP contribution in [-0.2, 0) is 14.3 Å². The third kappa shape index (κ3) is 7.39. The summed E-state index contributed by atoms with van der Waals surface area (Å²) in [7, 11) is 2.89. The van der Waals surface area contributed by atoms with Gasteiger partial charge in [0.15, 0.2) is 11.6 Å². The molecule has 3 rings (SSSR count). The van der Waals surface area contributed by atoms with Crippen LogP contribution in [0.4, 0.5) is 4.39 Å². The number of carboxylic acids is 1. The highest BCUT2D eigenvalue weighted by atomic mass is 19.1. The number of amides is 2. The van der Waals surface area contributed by atoms with E-state index in [4.69, 9.17) is 14.2 Å². The Morgan fingerprint density at radius 2 is 1.74 bits per heavy atom. The number of aliphatic carboxylic acids is 1. The van der Waals surface area contributed by atoms with E-state index >= 15 is 0 Å². The van der Waals surface area contributed by atoms with Crippen molar-refractivity contribution in [2.75, 3.05) is 27.4 Å². The Morgan fingerprint density at radius 3 is 2.28 bits per heavy atom. The number of carboxylic acid groups (broad SMARTS) is 1. The molecule has 0 unspecified atom stereocenters. The molecule has 0 spiro atoms. The number of aliphatic hydroxyl groups is 1. The summed E-state index contributed by atoms with van der Waals surface area (Å²) in [6.45, 7) is 6.06. The van der Waals surface area contributed by atoms with Crippen LogP contribution in [0, 0.1) is 22.6 Å². The predicted molar refractivity (Wildman–Crippen MR) is 140 cm³/mol. The van der Waals surface area contributed by atoms with Crippen molar-refractivity contribution in [2.45, 2.75) is 77.5 Å². The van der Waals surface area contributed by atoms with Gasteiger partial charge in [0.2, 0.25) is 5.91 Å². The van der Waals surface area contributed by atoms with Gasteiger partial charge in [-0.1, -0.05) is 20.8 Å². The van der Waals surface area contributed by atoms with Gasteiger partial charge in [-0.2, -0.15) is 0 Å². The molecule has 4 N–H and O–H groups in total. The molecule has 0 heterocycles. The number of halogens is 1. The van der Waals surface area contributed by atoms with Gasteiger partial charge in [-0.05, 0) is 50.0 Å². The first kappa shape index (κ1) is 30.6. The monoisotopic (exact) mass is 552 g/mol. The van der Waals surface area contributed by atoms with Crippen molar-refractivity contribution in [1.82, 2.24) is 10.6 Å². The van der Waals surface area contributed by atoms with Crippen molar-refractivity contribution in [3.63, 3.8) is 0 Å². The van der Waals surface area contributed by atoms with Crippen molar-refractivity contribution in [2.24, 2.45) is 16.7 Å². The highest BCUT2D eigenvalue weighted by molar-refractivity contribution is 5.98. The molecule has 10 nitrogen and oxygen atoms in total. The standard InChI is InChI=1S/C28H41FN2O8/c1-27(2,3)14-30-24(33)18-10-17(37-4)11-21(18)31-25(34)19-12-23(20(29)13-22(19)38-5)39-16-6-8-28(15-32,9-7-16)26(35)36/h12-13,16-18,21,32H,6-11,14-15H2,1-5H3,(H,30,33)(H,31,34)(H,35,36)/t16-,17-,18-,21+,28+/m0/s1. The van der Waals surface area contributed by atoms with Gasteiger partial charge in [-0.25, -0.2) is 4.39 Å².